The molecule has 13 aromatic rings. The molecule has 13 rings (SSSR count). The van der Waals surface area contributed by atoms with Crippen LogP contribution in [0, 0.1) is 0 Å². The molecule has 0 radical (unpaired) electrons. The van der Waals surface area contributed by atoms with E-state index in [1.54, 1.807) is 0 Å². The van der Waals surface area contributed by atoms with Gasteiger partial charge in [0.25, 0.3) is 0 Å². The van der Waals surface area contributed by atoms with E-state index >= 15 is 0 Å². The summed E-state index contributed by atoms with van der Waals surface area (Å²) in [6.07, 6.45) is 0. The van der Waals surface area contributed by atoms with Crippen molar-refractivity contribution >= 4 is 94.2 Å². The van der Waals surface area contributed by atoms with Crippen LogP contribution < -0.4 is 20.7 Å². The lowest BCUT2D eigenvalue weighted by atomic mass is 10.1. The number of para-hydroxylation sites is 6. The van der Waals surface area contributed by atoms with Crippen LogP contribution in [-0.2, 0) is 0 Å². The standard InChI is InChI=1S/C60H41N3Si/c1-5-21-42(22-6-1)62-57-41-43(61-53-34-16-13-29-47(53)48-30-14-17-35-54(48)61)39-40-50(57)51-32-19-37-56(59(51)62)63-55-36-18-15-31-49(55)52-33-20-38-58(60(52)63)64(44-23-7-2-8-24-44,45-25-9-3-10-26-45)46-27-11-4-12-28-46/h1-41H. The van der Waals surface area contributed by atoms with E-state index in [-0.39, 0.29) is 0 Å². The third-order valence-corrected chi connectivity index (χ3v) is 18.4. The number of nitrogens with zero attached hydrogens (tertiary/aromatic N) is 3. The van der Waals surface area contributed by atoms with Gasteiger partial charge in [0, 0.05) is 43.7 Å². The minimum atomic E-state index is -2.98. The molecule has 0 atom stereocenters. The molecular weight excluding hydrogens is 791 g/mol. The average molecular weight is 832 g/mol. The molecule has 0 unspecified atom stereocenters. The van der Waals surface area contributed by atoms with E-state index in [1.807, 2.05) is 0 Å². The van der Waals surface area contributed by atoms with Gasteiger partial charge in [-0.25, -0.2) is 0 Å². The molecule has 0 fully saturated rings. The first kappa shape index (κ1) is 36.5. The Hall–Kier alpha value is -8.18. The van der Waals surface area contributed by atoms with Crippen LogP contribution >= 0.6 is 0 Å². The molecule has 0 aliphatic carbocycles. The Morgan fingerprint density at radius 1 is 0.250 bits per heavy atom. The van der Waals surface area contributed by atoms with Crippen molar-refractivity contribution in [3.63, 3.8) is 0 Å². The minimum absolute atomic E-state index is 1.12. The van der Waals surface area contributed by atoms with Crippen LogP contribution in [0.4, 0.5) is 0 Å². The van der Waals surface area contributed by atoms with Gasteiger partial charge >= 0.3 is 0 Å². The van der Waals surface area contributed by atoms with E-state index in [9.17, 15) is 0 Å². The third kappa shape index (κ3) is 5.21. The summed E-state index contributed by atoms with van der Waals surface area (Å²) in [5.74, 6) is 0. The highest BCUT2D eigenvalue weighted by molar-refractivity contribution is 7.20. The Bertz CT molecular complexity index is 3730. The number of aromatic nitrogens is 3. The van der Waals surface area contributed by atoms with Crippen molar-refractivity contribution in [2.24, 2.45) is 0 Å². The third-order valence-electron chi connectivity index (χ3n) is 13.6. The second-order valence-corrected chi connectivity index (χ2v) is 20.6. The first-order chi connectivity index (χ1) is 31.8. The molecule has 0 amide bonds. The minimum Gasteiger partial charge on any atom is -0.309 e. The lowest BCUT2D eigenvalue weighted by Gasteiger charge is -2.35. The molecule has 3 aromatic heterocycles. The molecule has 0 aliphatic heterocycles. The Morgan fingerprint density at radius 2 is 0.672 bits per heavy atom. The second-order valence-electron chi connectivity index (χ2n) is 16.8. The summed E-state index contributed by atoms with van der Waals surface area (Å²) < 4.78 is 7.54. The number of benzene rings is 10. The summed E-state index contributed by atoms with van der Waals surface area (Å²) in [4.78, 5) is 0. The van der Waals surface area contributed by atoms with Gasteiger partial charge in [0.05, 0.1) is 38.8 Å². The first-order valence-corrected chi connectivity index (χ1v) is 24.1. The van der Waals surface area contributed by atoms with Gasteiger partial charge in [0.1, 0.15) is 0 Å². The maximum absolute atomic E-state index is 2.98. The quantitative estimate of drug-likeness (QED) is 0.112. The molecule has 0 saturated carbocycles. The van der Waals surface area contributed by atoms with Crippen molar-refractivity contribution in [2.45, 2.75) is 0 Å². The van der Waals surface area contributed by atoms with Crippen molar-refractivity contribution in [1.29, 1.82) is 0 Å². The van der Waals surface area contributed by atoms with E-state index in [0.717, 1.165) is 22.6 Å². The van der Waals surface area contributed by atoms with E-state index in [4.69, 9.17) is 0 Å². The number of fused-ring (bicyclic) bond motifs is 9. The maximum Gasteiger partial charge on any atom is 0.181 e. The molecule has 0 saturated heterocycles. The fourth-order valence-electron chi connectivity index (χ4n) is 11.0. The van der Waals surface area contributed by atoms with Crippen LogP contribution in [0.15, 0.2) is 249 Å². The maximum atomic E-state index is 2.60. The molecule has 4 heteroatoms. The predicted molar refractivity (Wildman–Crippen MR) is 273 cm³/mol. The van der Waals surface area contributed by atoms with Gasteiger partial charge in [0.15, 0.2) is 8.07 Å². The molecule has 64 heavy (non-hydrogen) atoms. The molecule has 0 N–H and O–H groups in total. The number of rotatable bonds is 7. The SMILES string of the molecule is c1ccc(-n2c3cc(-n4c5ccccc5c5ccccc54)ccc3c3cccc(-n4c5ccccc5c5cccc([Si](c6ccccc6)(c6ccccc6)c6ccccc6)c54)c32)cc1. The van der Waals surface area contributed by atoms with Gasteiger partial charge in [-0.2, -0.15) is 0 Å². The van der Waals surface area contributed by atoms with Crippen LogP contribution in [0.1, 0.15) is 0 Å². The highest BCUT2D eigenvalue weighted by Gasteiger charge is 2.43. The summed E-state index contributed by atoms with van der Waals surface area (Å²) in [7, 11) is -2.98. The average Bonchev–Trinajstić information content (AvgIpc) is 4.01. The number of hydrogen-bond donors (Lipinski definition) is 0. The summed E-state index contributed by atoms with van der Waals surface area (Å²) in [6.45, 7) is 0. The van der Waals surface area contributed by atoms with Crippen molar-refractivity contribution in [2.75, 3.05) is 0 Å². The molecule has 0 aliphatic rings. The monoisotopic (exact) mass is 831 g/mol. The summed E-state index contributed by atoms with van der Waals surface area (Å²) >= 11 is 0. The first-order valence-electron chi connectivity index (χ1n) is 22.1. The Kier molecular flexibility index (Phi) is 8.23. The zero-order valence-electron chi connectivity index (χ0n) is 35.0. The molecular formula is C60H41N3Si. The zero-order chi connectivity index (χ0) is 42.2. The van der Waals surface area contributed by atoms with Gasteiger partial charge in [-0.05, 0) is 69.3 Å². The van der Waals surface area contributed by atoms with Gasteiger partial charge in [0.2, 0.25) is 0 Å². The molecule has 0 bridgehead atoms. The Labute approximate surface area is 372 Å². The highest BCUT2D eigenvalue weighted by atomic mass is 28.3. The Morgan fingerprint density at radius 3 is 1.23 bits per heavy atom. The van der Waals surface area contributed by atoms with E-state index in [0.29, 0.717) is 0 Å². The van der Waals surface area contributed by atoms with Crippen molar-refractivity contribution in [3.05, 3.63) is 249 Å². The van der Waals surface area contributed by atoms with Crippen LogP contribution in [0.25, 0.3) is 82.5 Å². The van der Waals surface area contributed by atoms with Crippen LogP contribution in [0.3, 0.4) is 0 Å². The number of hydrogen-bond acceptors (Lipinski definition) is 0. The lowest BCUT2D eigenvalue weighted by Crippen LogP contribution is -2.75. The van der Waals surface area contributed by atoms with Crippen molar-refractivity contribution in [3.8, 4) is 17.1 Å². The van der Waals surface area contributed by atoms with Gasteiger partial charge in [-0.1, -0.05) is 200 Å². The summed E-state index contributed by atoms with van der Waals surface area (Å²) in [6, 6.07) is 92.4. The zero-order valence-corrected chi connectivity index (χ0v) is 36.0. The molecule has 3 nitrogen and oxygen atoms in total. The van der Waals surface area contributed by atoms with E-state index in [2.05, 4.69) is 262 Å². The smallest absolute Gasteiger partial charge is 0.181 e. The van der Waals surface area contributed by atoms with Crippen LogP contribution in [0.5, 0.6) is 0 Å². The highest BCUT2D eigenvalue weighted by Crippen LogP contribution is 2.41. The van der Waals surface area contributed by atoms with Gasteiger partial charge in [-0.3, -0.25) is 0 Å². The van der Waals surface area contributed by atoms with E-state index < -0.39 is 8.07 Å². The fourth-order valence-corrected chi connectivity index (χ4v) is 16.0. The normalized spacial score (nSPS) is 12.1. The molecule has 3 heterocycles. The van der Waals surface area contributed by atoms with Gasteiger partial charge in [-0.15, -0.1) is 0 Å². The predicted octanol–water partition coefficient (Wildman–Crippen LogP) is 12.4. The lowest BCUT2D eigenvalue weighted by molar-refractivity contribution is 1.12. The second kappa shape index (κ2) is 14.5. The van der Waals surface area contributed by atoms with E-state index in [1.165, 1.54) is 80.6 Å². The molecule has 0 spiro atoms. The van der Waals surface area contributed by atoms with Crippen molar-refractivity contribution in [1.82, 2.24) is 13.7 Å². The topological polar surface area (TPSA) is 14.8 Å². The fraction of sp³-hybridized carbons (Fsp3) is 0. The summed E-state index contributed by atoms with van der Waals surface area (Å²) in [5.41, 5.74) is 10.6. The summed E-state index contributed by atoms with van der Waals surface area (Å²) in [5, 5.41) is 12.9. The van der Waals surface area contributed by atoms with Crippen molar-refractivity contribution < 1.29 is 0 Å². The largest absolute Gasteiger partial charge is 0.309 e. The van der Waals surface area contributed by atoms with Crippen LogP contribution in [0.2, 0.25) is 0 Å². The van der Waals surface area contributed by atoms with Crippen LogP contribution in [-0.4, -0.2) is 21.8 Å². The molecule has 300 valence electrons. The Balaban J connectivity index is 1.19. The van der Waals surface area contributed by atoms with Gasteiger partial charge < -0.3 is 13.7 Å². The molecule has 10 aromatic carbocycles.